The first kappa shape index (κ1) is 13.7. The lowest BCUT2D eigenvalue weighted by Gasteiger charge is -2.17. The molecule has 0 atom stereocenters. The van der Waals surface area contributed by atoms with Crippen LogP contribution < -0.4 is 4.90 Å². The van der Waals surface area contributed by atoms with Crippen molar-refractivity contribution in [3.05, 3.63) is 10.0 Å². The number of thiazole rings is 1. The molecule has 1 amide bonds. The first-order valence-corrected chi connectivity index (χ1v) is 5.83. The molecule has 0 aliphatic carbocycles. The molecule has 94 valence electrons. The summed E-state index contributed by atoms with van der Waals surface area (Å²) in [7, 11) is 4.95. The number of likely N-dealkylation sites (N-methyl/N-ethyl adjacent to an activating group) is 2. The maximum Gasteiger partial charge on any atom is 0.349 e. The molecule has 0 saturated heterocycles. The van der Waals surface area contributed by atoms with Crippen LogP contribution in [0.4, 0.5) is 5.13 Å². The first-order valence-electron chi connectivity index (χ1n) is 4.63. The van der Waals surface area contributed by atoms with Gasteiger partial charge in [-0.2, -0.15) is 0 Å². The summed E-state index contributed by atoms with van der Waals surface area (Å²) in [5.41, 5.74) is 0. The molecule has 1 aromatic rings. The number of carboxylic acids is 1. The quantitative estimate of drug-likeness (QED) is 0.889. The summed E-state index contributed by atoms with van der Waals surface area (Å²) in [6, 6.07) is 0. The fraction of sp³-hybridized carbons (Fsp3) is 0.444. The molecule has 0 bridgehead atoms. The molecule has 0 unspecified atom stereocenters. The van der Waals surface area contributed by atoms with Crippen LogP contribution in [-0.2, 0) is 4.79 Å². The Bertz CT molecular complexity index is 447. The molecule has 1 aromatic heterocycles. The van der Waals surface area contributed by atoms with E-state index in [2.05, 4.69) is 4.98 Å². The Labute approximate surface area is 107 Å². The Kier molecular flexibility index (Phi) is 4.30. The van der Waals surface area contributed by atoms with E-state index in [1.54, 1.807) is 26.0 Å². The molecule has 0 aliphatic rings. The molecule has 0 fully saturated rings. The van der Waals surface area contributed by atoms with Crippen LogP contribution in [0, 0.1) is 0 Å². The number of carbonyl (C=O) groups excluding carboxylic acids is 1. The molecule has 0 aromatic carbocycles. The molecular formula is C9H12ClN3O3S. The van der Waals surface area contributed by atoms with Crippen LogP contribution in [0.5, 0.6) is 0 Å². The summed E-state index contributed by atoms with van der Waals surface area (Å²) in [5, 5.41) is 9.17. The molecule has 1 rings (SSSR count). The third-order valence-electron chi connectivity index (χ3n) is 1.97. The maximum atomic E-state index is 11.5. The Morgan fingerprint density at radius 3 is 2.41 bits per heavy atom. The summed E-state index contributed by atoms with van der Waals surface area (Å²) in [4.78, 5) is 29.1. The smallest absolute Gasteiger partial charge is 0.349 e. The van der Waals surface area contributed by atoms with Gasteiger partial charge in [0.25, 0.3) is 0 Å². The molecule has 1 N–H and O–H groups in total. The van der Waals surface area contributed by atoms with E-state index in [0.717, 1.165) is 11.3 Å². The van der Waals surface area contributed by atoms with Gasteiger partial charge in [-0.15, -0.1) is 0 Å². The topological polar surface area (TPSA) is 73.7 Å². The summed E-state index contributed by atoms with van der Waals surface area (Å²) >= 11 is 6.62. The average Bonchev–Trinajstić information content (AvgIpc) is 2.60. The molecule has 0 spiro atoms. The summed E-state index contributed by atoms with van der Waals surface area (Å²) < 4.78 is 0. The van der Waals surface area contributed by atoms with Gasteiger partial charge in [-0.25, -0.2) is 9.78 Å². The van der Waals surface area contributed by atoms with E-state index < -0.39 is 5.97 Å². The van der Waals surface area contributed by atoms with Crippen LogP contribution in [0.1, 0.15) is 9.67 Å². The Balaban J connectivity index is 2.83. The zero-order valence-corrected chi connectivity index (χ0v) is 11.2. The van der Waals surface area contributed by atoms with E-state index in [1.165, 1.54) is 4.90 Å². The number of anilines is 1. The van der Waals surface area contributed by atoms with Crippen molar-refractivity contribution in [1.29, 1.82) is 0 Å². The lowest BCUT2D eigenvalue weighted by Crippen LogP contribution is -2.34. The normalized spacial score (nSPS) is 10.1. The molecule has 0 aliphatic heterocycles. The number of hydrogen-bond acceptors (Lipinski definition) is 5. The van der Waals surface area contributed by atoms with Crippen LogP contribution in [0.3, 0.4) is 0 Å². The predicted molar refractivity (Wildman–Crippen MR) is 66.0 cm³/mol. The van der Waals surface area contributed by atoms with Gasteiger partial charge in [-0.3, -0.25) is 4.79 Å². The standard InChI is InChI=1S/C9H12ClN3O3S/c1-12(2)5(14)4-13(3)9-11-7(10)6(17-9)8(15)16/h4H2,1-3H3,(H,15,16). The van der Waals surface area contributed by atoms with Crippen LogP contribution in [0.15, 0.2) is 0 Å². The minimum absolute atomic E-state index is 0.0224. The predicted octanol–water partition coefficient (Wildman–Crippen LogP) is 1.02. The average molecular weight is 278 g/mol. The SMILES string of the molecule is CN(C)C(=O)CN(C)c1nc(Cl)c(C(=O)O)s1. The van der Waals surface area contributed by atoms with E-state index in [4.69, 9.17) is 16.7 Å². The number of aromatic nitrogens is 1. The highest BCUT2D eigenvalue weighted by Gasteiger charge is 2.19. The van der Waals surface area contributed by atoms with Crippen LogP contribution in [-0.4, -0.2) is 54.6 Å². The third-order valence-corrected chi connectivity index (χ3v) is 3.51. The second kappa shape index (κ2) is 5.33. The fourth-order valence-corrected chi connectivity index (χ4v) is 2.08. The second-order valence-corrected chi connectivity index (χ2v) is 4.90. The molecule has 8 heteroatoms. The van der Waals surface area contributed by atoms with Crippen molar-refractivity contribution in [2.45, 2.75) is 0 Å². The van der Waals surface area contributed by atoms with Gasteiger partial charge >= 0.3 is 5.97 Å². The van der Waals surface area contributed by atoms with Crippen LogP contribution in [0.25, 0.3) is 0 Å². The fourth-order valence-electron chi connectivity index (χ4n) is 0.998. The van der Waals surface area contributed by atoms with Crippen molar-refractivity contribution in [1.82, 2.24) is 9.88 Å². The molecule has 1 heterocycles. The summed E-state index contributed by atoms with van der Waals surface area (Å²) in [6.45, 7) is 0.121. The number of nitrogens with zero attached hydrogens (tertiary/aromatic N) is 3. The van der Waals surface area contributed by atoms with Gasteiger partial charge in [-0.1, -0.05) is 22.9 Å². The largest absolute Gasteiger partial charge is 0.477 e. The third kappa shape index (κ3) is 3.31. The van der Waals surface area contributed by atoms with Crippen molar-refractivity contribution in [3.63, 3.8) is 0 Å². The summed E-state index contributed by atoms with van der Waals surface area (Å²) in [5.74, 6) is -1.22. The lowest BCUT2D eigenvalue weighted by molar-refractivity contribution is -0.127. The molecule has 17 heavy (non-hydrogen) atoms. The molecule has 0 radical (unpaired) electrons. The minimum Gasteiger partial charge on any atom is -0.477 e. The number of rotatable bonds is 4. The van der Waals surface area contributed by atoms with Gasteiger partial charge in [-0.05, 0) is 0 Å². The first-order chi connectivity index (χ1) is 7.82. The van der Waals surface area contributed by atoms with Crippen LogP contribution >= 0.6 is 22.9 Å². The van der Waals surface area contributed by atoms with Crippen molar-refractivity contribution in [3.8, 4) is 0 Å². The minimum atomic E-state index is -1.12. The van der Waals surface area contributed by atoms with Gasteiger partial charge in [0.2, 0.25) is 5.91 Å². The highest BCUT2D eigenvalue weighted by atomic mass is 35.5. The number of halogens is 1. The highest BCUT2D eigenvalue weighted by molar-refractivity contribution is 7.18. The molecule has 0 saturated carbocycles. The number of carboxylic acid groups (broad SMARTS) is 1. The van der Waals surface area contributed by atoms with E-state index in [-0.39, 0.29) is 22.5 Å². The van der Waals surface area contributed by atoms with Crippen molar-refractivity contribution < 1.29 is 14.7 Å². The Hall–Kier alpha value is -1.34. The van der Waals surface area contributed by atoms with Crippen molar-refractivity contribution in [2.75, 3.05) is 32.6 Å². The van der Waals surface area contributed by atoms with Gasteiger partial charge in [0.15, 0.2) is 15.2 Å². The highest BCUT2D eigenvalue weighted by Crippen LogP contribution is 2.28. The van der Waals surface area contributed by atoms with E-state index >= 15 is 0 Å². The van der Waals surface area contributed by atoms with Gasteiger partial charge < -0.3 is 14.9 Å². The lowest BCUT2D eigenvalue weighted by atomic mass is 10.5. The number of amides is 1. The molecular weight excluding hydrogens is 266 g/mol. The van der Waals surface area contributed by atoms with Gasteiger partial charge in [0.1, 0.15) is 0 Å². The number of aromatic carboxylic acids is 1. The van der Waals surface area contributed by atoms with E-state index in [0.29, 0.717) is 5.13 Å². The van der Waals surface area contributed by atoms with Gasteiger partial charge in [0.05, 0.1) is 6.54 Å². The van der Waals surface area contributed by atoms with Gasteiger partial charge in [0, 0.05) is 21.1 Å². The Morgan fingerprint density at radius 2 is 2.00 bits per heavy atom. The Morgan fingerprint density at radius 1 is 1.41 bits per heavy atom. The zero-order valence-electron chi connectivity index (χ0n) is 9.60. The zero-order chi connectivity index (χ0) is 13.2. The monoisotopic (exact) mass is 277 g/mol. The maximum absolute atomic E-state index is 11.5. The van der Waals surface area contributed by atoms with E-state index in [9.17, 15) is 9.59 Å². The molecule has 6 nitrogen and oxygen atoms in total. The van der Waals surface area contributed by atoms with E-state index in [1.807, 2.05) is 0 Å². The second-order valence-electron chi connectivity index (χ2n) is 3.57. The van der Waals surface area contributed by atoms with Crippen molar-refractivity contribution >= 4 is 39.9 Å². The van der Waals surface area contributed by atoms with Crippen molar-refractivity contribution in [2.24, 2.45) is 0 Å². The summed E-state index contributed by atoms with van der Waals surface area (Å²) in [6.07, 6.45) is 0. The van der Waals surface area contributed by atoms with Crippen LogP contribution in [0.2, 0.25) is 5.15 Å². The number of carbonyl (C=O) groups is 2. The number of hydrogen-bond donors (Lipinski definition) is 1.